The fraction of sp³-hybridized carbons (Fsp3) is 0.429. The highest BCUT2D eigenvalue weighted by atomic mass is 32.2. The first-order chi connectivity index (χ1) is 18.4. The summed E-state index contributed by atoms with van der Waals surface area (Å²) >= 11 is 0. The first-order valence-corrected chi connectivity index (χ1v) is 15.0. The van der Waals surface area contributed by atoms with Crippen LogP contribution in [0.15, 0.2) is 53.7 Å². The first kappa shape index (κ1) is 26.9. The number of piperidine rings is 1. The molecule has 4 aromatic rings. The van der Waals surface area contributed by atoms with Gasteiger partial charge in [0.05, 0.1) is 35.2 Å². The molecule has 0 radical (unpaired) electrons. The number of carbonyl (C=O) groups excluding carboxylic acids is 1. The standard InChI is InChI=1S/C28H33N5O5S/c1-28(2,3)38-27(35)31-13-10-20(11-14-31)33-24-9-12-29-16-25(24)32(26(33)34)17-23-22(18-39(4,36)37)21-8-6-5-7-19(21)15-30-23/h5-9,12,15-16,20H,10-11,13-14,17-18H2,1-4H3. The van der Waals surface area contributed by atoms with Crippen LogP contribution in [0.3, 0.4) is 0 Å². The van der Waals surface area contributed by atoms with Gasteiger partial charge in [-0.25, -0.2) is 18.0 Å². The van der Waals surface area contributed by atoms with Gasteiger partial charge in [-0.3, -0.25) is 19.1 Å². The Labute approximate surface area is 227 Å². The SMILES string of the molecule is CC(C)(C)OC(=O)N1CCC(n2c(=O)n(Cc3ncc4ccccc4c3CS(C)(=O)=O)c3cnccc32)CC1. The zero-order valence-electron chi connectivity index (χ0n) is 22.6. The highest BCUT2D eigenvalue weighted by molar-refractivity contribution is 7.89. The molecule has 1 amide bonds. The van der Waals surface area contributed by atoms with Crippen molar-refractivity contribution in [1.82, 2.24) is 24.0 Å². The fourth-order valence-electron chi connectivity index (χ4n) is 5.24. The Morgan fingerprint density at radius 3 is 2.49 bits per heavy atom. The summed E-state index contributed by atoms with van der Waals surface area (Å²) in [6.07, 6.45) is 7.08. The summed E-state index contributed by atoms with van der Waals surface area (Å²) in [6, 6.07) is 9.23. The van der Waals surface area contributed by atoms with Crippen LogP contribution in [-0.4, -0.2) is 63.5 Å². The summed E-state index contributed by atoms with van der Waals surface area (Å²) in [6.45, 7) is 6.59. The van der Waals surface area contributed by atoms with Gasteiger partial charge in [-0.05, 0) is 50.6 Å². The Balaban J connectivity index is 1.51. The molecular formula is C28H33N5O5S. The molecule has 1 fully saturated rings. The van der Waals surface area contributed by atoms with Gasteiger partial charge in [-0.1, -0.05) is 24.3 Å². The summed E-state index contributed by atoms with van der Waals surface area (Å²) in [5.41, 5.74) is 1.74. The maximum absolute atomic E-state index is 13.9. The number of hydrogen-bond acceptors (Lipinski definition) is 7. The van der Waals surface area contributed by atoms with Crippen molar-refractivity contribution in [3.63, 3.8) is 0 Å². The van der Waals surface area contributed by atoms with Crippen molar-refractivity contribution in [2.24, 2.45) is 0 Å². The molecule has 0 unspecified atom stereocenters. The summed E-state index contributed by atoms with van der Waals surface area (Å²) in [5, 5.41) is 1.64. The van der Waals surface area contributed by atoms with E-state index in [-0.39, 0.29) is 30.1 Å². The molecule has 11 heteroatoms. The van der Waals surface area contributed by atoms with Crippen molar-refractivity contribution in [2.45, 2.75) is 57.6 Å². The Kier molecular flexibility index (Phi) is 6.96. The van der Waals surface area contributed by atoms with E-state index in [0.717, 1.165) is 16.3 Å². The number of fused-ring (bicyclic) bond motifs is 2. The molecule has 0 N–H and O–H groups in total. The predicted molar refractivity (Wildman–Crippen MR) is 149 cm³/mol. The molecule has 0 atom stereocenters. The number of benzene rings is 1. The van der Waals surface area contributed by atoms with Crippen LogP contribution in [0.4, 0.5) is 4.79 Å². The van der Waals surface area contributed by atoms with E-state index in [2.05, 4.69) is 9.97 Å². The van der Waals surface area contributed by atoms with Gasteiger partial charge in [0, 0.05) is 43.2 Å². The maximum atomic E-state index is 13.9. The number of ether oxygens (including phenoxy) is 1. The van der Waals surface area contributed by atoms with Gasteiger partial charge in [-0.2, -0.15) is 0 Å². The number of pyridine rings is 2. The van der Waals surface area contributed by atoms with E-state index >= 15 is 0 Å². The Bertz CT molecular complexity index is 1710. The second kappa shape index (κ2) is 10.1. The van der Waals surface area contributed by atoms with Crippen molar-refractivity contribution in [2.75, 3.05) is 19.3 Å². The van der Waals surface area contributed by atoms with Crippen LogP contribution in [0.5, 0.6) is 0 Å². The number of carbonyl (C=O) groups is 1. The molecule has 1 aliphatic rings. The fourth-order valence-corrected chi connectivity index (χ4v) is 6.09. The molecule has 0 saturated carbocycles. The molecule has 5 rings (SSSR count). The number of nitrogens with zero attached hydrogens (tertiary/aromatic N) is 5. The highest BCUT2D eigenvalue weighted by Gasteiger charge is 2.30. The Morgan fingerprint density at radius 1 is 1.08 bits per heavy atom. The van der Waals surface area contributed by atoms with E-state index < -0.39 is 15.4 Å². The van der Waals surface area contributed by atoms with Gasteiger partial charge < -0.3 is 9.64 Å². The molecule has 39 heavy (non-hydrogen) atoms. The van der Waals surface area contributed by atoms with Crippen LogP contribution in [0.25, 0.3) is 21.8 Å². The van der Waals surface area contributed by atoms with Crippen LogP contribution in [0.2, 0.25) is 0 Å². The Hall–Kier alpha value is -3.73. The van der Waals surface area contributed by atoms with Gasteiger partial charge in [0.15, 0.2) is 9.84 Å². The molecule has 1 saturated heterocycles. The van der Waals surface area contributed by atoms with E-state index in [1.165, 1.54) is 6.26 Å². The van der Waals surface area contributed by atoms with Crippen LogP contribution in [0.1, 0.15) is 50.9 Å². The van der Waals surface area contributed by atoms with Gasteiger partial charge in [0.2, 0.25) is 0 Å². The lowest BCUT2D eigenvalue weighted by Gasteiger charge is -2.33. The summed E-state index contributed by atoms with van der Waals surface area (Å²) in [4.78, 5) is 37.0. The van der Waals surface area contributed by atoms with Gasteiger partial charge in [-0.15, -0.1) is 0 Å². The Morgan fingerprint density at radius 2 is 1.79 bits per heavy atom. The molecule has 0 spiro atoms. The number of hydrogen-bond donors (Lipinski definition) is 0. The van der Waals surface area contributed by atoms with Crippen LogP contribution in [-0.2, 0) is 26.9 Å². The lowest BCUT2D eigenvalue weighted by molar-refractivity contribution is 0.0188. The lowest BCUT2D eigenvalue weighted by Crippen LogP contribution is -2.43. The van der Waals surface area contributed by atoms with Crippen LogP contribution >= 0.6 is 0 Å². The van der Waals surface area contributed by atoms with Crippen molar-refractivity contribution in [1.29, 1.82) is 0 Å². The van der Waals surface area contributed by atoms with E-state index in [1.807, 2.05) is 51.1 Å². The molecular weight excluding hydrogens is 518 g/mol. The summed E-state index contributed by atoms with van der Waals surface area (Å²) in [7, 11) is -3.36. The third-order valence-corrected chi connectivity index (χ3v) is 7.77. The molecule has 4 heterocycles. The number of imidazole rings is 1. The van der Waals surface area contributed by atoms with Crippen LogP contribution < -0.4 is 5.69 Å². The molecule has 10 nitrogen and oxygen atoms in total. The molecule has 0 bridgehead atoms. The quantitative estimate of drug-likeness (QED) is 0.369. The predicted octanol–water partition coefficient (Wildman–Crippen LogP) is 3.91. The largest absolute Gasteiger partial charge is 0.444 e. The number of sulfone groups is 1. The minimum atomic E-state index is -3.36. The minimum absolute atomic E-state index is 0.109. The average molecular weight is 552 g/mol. The highest BCUT2D eigenvalue weighted by Crippen LogP contribution is 2.28. The van der Waals surface area contributed by atoms with Gasteiger partial charge in [0.1, 0.15) is 5.60 Å². The second-order valence-electron chi connectivity index (χ2n) is 11.1. The van der Waals surface area contributed by atoms with E-state index in [4.69, 9.17) is 4.74 Å². The number of rotatable bonds is 5. The number of aromatic nitrogens is 4. The molecule has 3 aromatic heterocycles. The van der Waals surface area contributed by atoms with E-state index in [1.54, 1.807) is 32.6 Å². The smallest absolute Gasteiger partial charge is 0.410 e. The maximum Gasteiger partial charge on any atom is 0.410 e. The van der Waals surface area contributed by atoms with Crippen molar-refractivity contribution < 1.29 is 17.9 Å². The normalized spacial score (nSPS) is 15.2. The monoisotopic (exact) mass is 551 g/mol. The molecule has 206 valence electrons. The zero-order chi connectivity index (χ0) is 27.9. The number of amides is 1. The van der Waals surface area contributed by atoms with Crippen LogP contribution in [0, 0.1) is 0 Å². The van der Waals surface area contributed by atoms with Crippen molar-refractivity contribution in [3.8, 4) is 0 Å². The van der Waals surface area contributed by atoms with E-state index in [9.17, 15) is 18.0 Å². The topological polar surface area (TPSA) is 116 Å². The third-order valence-electron chi connectivity index (χ3n) is 6.95. The van der Waals surface area contributed by atoms with Crippen molar-refractivity contribution in [3.05, 3.63) is 70.7 Å². The van der Waals surface area contributed by atoms with Gasteiger partial charge >= 0.3 is 11.8 Å². The lowest BCUT2D eigenvalue weighted by atomic mass is 10.0. The molecule has 1 aromatic carbocycles. The minimum Gasteiger partial charge on any atom is -0.444 e. The average Bonchev–Trinajstić information content (AvgIpc) is 3.15. The molecule has 0 aliphatic carbocycles. The summed E-state index contributed by atoms with van der Waals surface area (Å²) in [5.74, 6) is -0.175. The summed E-state index contributed by atoms with van der Waals surface area (Å²) < 4.78 is 33.6. The third kappa shape index (κ3) is 5.68. The first-order valence-electron chi connectivity index (χ1n) is 13.0. The van der Waals surface area contributed by atoms with Crippen molar-refractivity contribution >= 4 is 37.7 Å². The molecule has 1 aliphatic heterocycles. The zero-order valence-corrected chi connectivity index (χ0v) is 23.4. The number of likely N-dealkylation sites (tertiary alicyclic amines) is 1. The van der Waals surface area contributed by atoms with Gasteiger partial charge in [0.25, 0.3) is 0 Å². The second-order valence-corrected chi connectivity index (χ2v) is 13.3. The van der Waals surface area contributed by atoms with E-state index in [0.29, 0.717) is 42.7 Å².